The van der Waals surface area contributed by atoms with Crippen LogP contribution in [0, 0.1) is 6.92 Å². The Morgan fingerprint density at radius 3 is 2.04 bits per heavy atom. The number of ether oxygens (including phenoxy) is 1. The highest BCUT2D eigenvalue weighted by molar-refractivity contribution is 6.94. The van der Waals surface area contributed by atoms with E-state index in [1.54, 1.807) is 0 Å². The summed E-state index contributed by atoms with van der Waals surface area (Å²) in [5.74, 6) is 1.11. The van der Waals surface area contributed by atoms with Crippen LogP contribution in [0.15, 0.2) is 35.4 Å². The van der Waals surface area contributed by atoms with E-state index >= 15 is 0 Å². The Bertz CT molecular complexity index is 716. The van der Waals surface area contributed by atoms with Gasteiger partial charge in [-0.3, -0.25) is 0 Å². The van der Waals surface area contributed by atoms with E-state index < -0.39 is 8.07 Å². The van der Waals surface area contributed by atoms with E-state index in [1.807, 2.05) is 7.11 Å². The van der Waals surface area contributed by atoms with Gasteiger partial charge in [-0.25, -0.2) is 0 Å². The highest BCUT2D eigenvalue weighted by atomic mass is 28.3. The Morgan fingerprint density at radius 2 is 1.62 bits per heavy atom. The lowest BCUT2D eigenvalue weighted by molar-refractivity contribution is 0.400. The van der Waals surface area contributed by atoms with E-state index in [9.17, 15) is 0 Å². The molecule has 0 aromatic heterocycles. The number of benzene rings is 1. The summed E-state index contributed by atoms with van der Waals surface area (Å²) in [6, 6.07) is 4.67. The largest absolute Gasteiger partial charge is 0.497 e. The summed E-state index contributed by atoms with van der Waals surface area (Å²) in [6.07, 6.45) is 4.74. The van der Waals surface area contributed by atoms with Gasteiger partial charge in [-0.15, -0.1) is 0 Å². The first kappa shape index (κ1) is 19.0. The highest BCUT2D eigenvalue weighted by Gasteiger charge is 2.47. The van der Waals surface area contributed by atoms with Gasteiger partial charge in [0, 0.05) is 5.04 Å². The molecule has 1 atom stereocenters. The van der Waals surface area contributed by atoms with E-state index in [0.717, 1.165) is 5.75 Å². The van der Waals surface area contributed by atoms with Crippen molar-refractivity contribution in [2.45, 2.75) is 72.0 Å². The molecule has 2 heteroatoms. The number of methoxy groups -OCH3 is 1. The molecule has 0 saturated heterocycles. The fourth-order valence-electron chi connectivity index (χ4n) is 3.92. The molecule has 0 spiro atoms. The first-order chi connectivity index (χ1) is 10.9. The van der Waals surface area contributed by atoms with Gasteiger partial charge in [0.1, 0.15) is 5.75 Å². The molecule has 1 aromatic carbocycles. The molecule has 132 valence electrons. The number of hydrogen-bond acceptors (Lipinski definition) is 1. The second-order valence-corrected chi connectivity index (χ2v) is 13.9. The summed E-state index contributed by atoms with van der Waals surface area (Å²) in [7, 11) is -0.0242. The van der Waals surface area contributed by atoms with Crippen molar-refractivity contribution in [2.75, 3.05) is 7.11 Å². The number of allylic oxidation sites excluding steroid dienone is 4. The molecule has 0 aliphatic heterocycles. The van der Waals surface area contributed by atoms with E-state index in [1.165, 1.54) is 27.5 Å². The molecule has 2 rings (SSSR count). The third kappa shape index (κ3) is 2.79. The average molecular weight is 343 g/mol. The molecule has 0 heterocycles. The van der Waals surface area contributed by atoms with Crippen LogP contribution >= 0.6 is 0 Å². The zero-order chi connectivity index (χ0) is 18.5. The minimum absolute atomic E-state index is 0.0732. The Labute approximate surface area is 149 Å². The molecule has 24 heavy (non-hydrogen) atoms. The van der Waals surface area contributed by atoms with Crippen molar-refractivity contribution in [2.24, 2.45) is 0 Å². The topological polar surface area (TPSA) is 9.23 Å². The lowest BCUT2D eigenvalue weighted by Gasteiger charge is -2.42. The van der Waals surface area contributed by atoms with Gasteiger partial charge < -0.3 is 4.74 Å². The monoisotopic (exact) mass is 342 g/mol. The van der Waals surface area contributed by atoms with Gasteiger partial charge in [-0.05, 0) is 36.9 Å². The Balaban J connectivity index is 2.77. The minimum Gasteiger partial charge on any atom is -0.497 e. The Hall–Kier alpha value is -1.28. The van der Waals surface area contributed by atoms with Crippen LogP contribution in [0.25, 0.3) is 0 Å². The third-order valence-corrected chi connectivity index (χ3v) is 11.1. The summed E-state index contributed by atoms with van der Waals surface area (Å²) < 4.78 is 6.01. The predicted molar refractivity (Wildman–Crippen MR) is 109 cm³/mol. The van der Waals surface area contributed by atoms with Crippen LogP contribution in [0.1, 0.15) is 52.7 Å². The molecule has 1 nitrogen and oxygen atoms in total. The van der Waals surface area contributed by atoms with Crippen LogP contribution in [-0.4, -0.2) is 15.2 Å². The van der Waals surface area contributed by atoms with Gasteiger partial charge in [-0.2, -0.15) is 0 Å². The maximum absolute atomic E-state index is 6.01. The molecule has 0 amide bonds. The van der Waals surface area contributed by atoms with Crippen LogP contribution in [0.5, 0.6) is 5.75 Å². The van der Waals surface area contributed by atoms with E-state index in [0.29, 0.717) is 0 Å². The molecular weight excluding hydrogens is 308 g/mol. The quantitative estimate of drug-likeness (QED) is 0.623. The average Bonchev–Trinajstić information content (AvgIpc) is 2.74. The van der Waals surface area contributed by atoms with Gasteiger partial charge in [0.25, 0.3) is 0 Å². The first-order valence-corrected chi connectivity index (χ1v) is 11.9. The fraction of sp³-hybridized carbons (Fsp3) is 0.545. The standard InChI is InChI=1S/C22H34OSi/c1-15-13-18(21(4,5)6)20(23-8)19(14-15)24(9,10)22(7)12-11-16(2)17(22)3/h11-14H,1-10H3. The maximum Gasteiger partial charge on any atom is 0.121 e. The molecule has 1 aromatic rings. The van der Waals surface area contributed by atoms with Crippen molar-refractivity contribution in [3.05, 3.63) is 46.6 Å². The third-order valence-electron chi connectivity index (χ3n) is 6.25. The van der Waals surface area contributed by atoms with Crippen LogP contribution < -0.4 is 9.92 Å². The predicted octanol–water partition coefficient (Wildman–Crippen LogP) is 5.88. The van der Waals surface area contributed by atoms with Gasteiger partial charge in [-0.1, -0.05) is 81.8 Å². The molecule has 1 aliphatic carbocycles. The van der Waals surface area contributed by atoms with E-state index in [-0.39, 0.29) is 10.5 Å². The van der Waals surface area contributed by atoms with Crippen molar-refractivity contribution in [1.29, 1.82) is 0 Å². The van der Waals surface area contributed by atoms with Crippen molar-refractivity contribution in [3.8, 4) is 5.75 Å². The molecule has 0 saturated carbocycles. The maximum atomic E-state index is 6.01. The molecule has 0 N–H and O–H groups in total. The van der Waals surface area contributed by atoms with Crippen LogP contribution in [-0.2, 0) is 5.41 Å². The molecule has 1 unspecified atom stereocenters. The van der Waals surface area contributed by atoms with Gasteiger partial charge in [0.2, 0.25) is 0 Å². The van der Waals surface area contributed by atoms with Crippen molar-refractivity contribution < 1.29 is 4.74 Å². The zero-order valence-corrected chi connectivity index (χ0v) is 18.2. The molecule has 0 fully saturated rings. The van der Waals surface area contributed by atoms with Crippen LogP contribution in [0.3, 0.4) is 0 Å². The van der Waals surface area contributed by atoms with Gasteiger partial charge in [0.15, 0.2) is 0 Å². The van der Waals surface area contributed by atoms with Crippen LogP contribution in [0.4, 0.5) is 0 Å². The van der Waals surface area contributed by atoms with Crippen LogP contribution in [0.2, 0.25) is 18.1 Å². The van der Waals surface area contributed by atoms with Gasteiger partial charge >= 0.3 is 0 Å². The Morgan fingerprint density at radius 1 is 1.04 bits per heavy atom. The summed E-state index contributed by atoms with van der Waals surface area (Å²) in [5.41, 5.74) is 5.66. The summed E-state index contributed by atoms with van der Waals surface area (Å²) in [6.45, 7) is 21.0. The second kappa shape index (κ2) is 5.91. The second-order valence-electron chi connectivity index (χ2n) is 9.11. The van der Waals surface area contributed by atoms with Crippen molar-refractivity contribution in [3.63, 3.8) is 0 Å². The molecule has 1 aliphatic rings. The molecule has 0 bridgehead atoms. The highest BCUT2D eigenvalue weighted by Crippen LogP contribution is 2.51. The van der Waals surface area contributed by atoms with E-state index in [4.69, 9.17) is 4.74 Å². The normalized spacial score (nSPS) is 21.6. The molecular formula is C22H34OSi. The lowest BCUT2D eigenvalue weighted by Crippen LogP contribution is -2.52. The summed E-state index contributed by atoms with van der Waals surface area (Å²) >= 11 is 0. The summed E-state index contributed by atoms with van der Waals surface area (Å²) in [4.78, 5) is 0. The number of aryl methyl sites for hydroxylation is 1. The number of hydrogen-bond donors (Lipinski definition) is 0. The number of rotatable bonds is 3. The SMILES string of the molecule is COc1c(C(C)(C)C)cc(C)cc1[Si](C)(C)C1(C)C=CC(C)=C1C. The summed E-state index contributed by atoms with van der Waals surface area (Å²) in [5, 5.41) is 1.57. The fourth-order valence-corrected chi connectivity index (χ4v) is 7.51. The lowest BCUT2D eigenvalue weighted by atomic mass is 9.85. The molecule has 0 radical (unpaired) electrons. The van der Waals surface area contributed by atoms with E-state index in [2.05, 4.69) is 85.8 Å². The van der Waals surface area contributed by atoms with Gasteiger partial charge in [0.05, 0.1) is 15.2 Å². The smallest absolute Gasteiger partial charge is 0.121 e. The van der Waals surface area contributed by atoms with Crippen molar-refractivity contribution in [1.82, 2.24) is 0 Å². The zero-order valence-electron chi connectivity index (χ0n) is 17.2. The minimum atomic E-state index is -1.85. The van der Waals surface area contributed by atoms with Crippen molar-refractivity contribution >= 4 is 13.3 Å². The first-order valence-electron chi connectivity index (χ1n) is 8.93. The Kier molecular flexibility index (Phi) is 4.69.